The van der Waals surface area contributed by atoms with Crippen LogP contribution in [0.2, 0.25) is 0 Å². The van der Waals surface area contributed by atoms with Crippen LogP contribution >= 0.6 is 15.9 Å². The molecule has 0 heterocycles. The van der Waals surface area contributed by atoms with E-state index in [2.05, 4.69) is 34.2 Å². The number of likely N-dealkylation sites (N-methyl/N-ethyl adjacent to an activating group) is 1. The monoisotopic (exact) mass is 326 g/mol. The van der Waals surface area contributed by atoms with E-state index in [-0.39, 0.29) is 18.0 Å². The summed E-state index contributed by atoms with van der Waals surface area (Å²) in [5.74, 6) is 0.156. The summed E-state index contributed by atoms with van der Waals surface area (Å²) in [4.78, 5) is 14.1. The molecule has 0 bridgehead atoms. The van der Waals surface area contributed by atoms with Crippen LogP contribution in [-0.2, 0) is 4.79 Å². The zero-order valence-electron chi connectivity index (χ0n) is 12.1. The van der Waals surface area contributed by atoms with Gasteiger partial charge in [0.25, 0.3) is 0 Å². The van der Waals surface area contributed by atoms with Gasteiger partial charge in [-0.25, -0.2) is 0 Å². The average Bonchev–Trinajstić information content (AvgIpc) is 2.40. The standard InChI is InChI=1S/C15H23BrN2O/c1-5-18(6-2)15(19)12(4)17-11(3)13-9-7-8-10-14(13)16/h7-12,17H,5-6H2,1-4H3/t11-,12?/m1/s1. The molecule has 106 valence electrons. The van der Waals surface area contributed by atoms with Gasteiger partial charge in [-0.3, -0.25) is 10.1 Å². The zero-order chi connectivity index (χ0) is 14.4. The number of benzene rings is 1. The number of nitrogens with zero attached hydrogens (tertiary/aromatic N) is 1. The van der Waals surface area contributed by atoms with Crippen molar-refractivity contribution in [1.82, 2.24) is 10.2 Å². The molecule has 3 nitrogen and oxygen atoms in total. The molecule has 0 spiro atoms. The summed E-state index contributed by atoms with van der Waals surface area (Å²) < 4.78 is 1.07. The van der Waals surface area contributed by atoms with Crippen LogP contribution in [0.4, 0.5) is 0 Å². The Morgan fingerprint density at radius 3 is 2.37 bits per heavy atom. The molecular weight excluding hydrogens is 304 g/mol. The molecule has 0 aliphatic carbocycles. The number of rotatable bonds is 6. The van der Waals surface area contributed by atoms with Gasteiger partial charge >= 0.3 is 0 Å². The first kappa shape index (κ1) is 16.2. The highest BCUT2D eigenvalue weighted by Gasteiger charge is 2.20. The Balaban J connectivity index is 2.69. The van der Waals surface area contributed by atoms with Crippen LogP contribution in [-0.4, -0.2) is 29.9 Å². The van der Waals surface area contributed by atoms with E-state index in [1.54, 1.807) is 0 Å². The van der Waals surface area contributed by atoms with Gasteiger partial charge in [0.15, 0.2) is 0 Å². The van der Waals surface area contributed by atoms with E-state index in [0.29, 0.717) is 0 Å². The fraction of sp³-hybridized carbons (Fsp3) is 0.533. The summed E-state index contributed by atoms with van der Waals surface area (Å²) in [5.41, 5.74) is 1.17. The van der Waals surface area contributed by atoms with Gasteiger partial charge in [-0.2, -0.15) is 0 Å². The third-order valence-corrected chi connectivity index (χ3v) is 4.04. The number of carbonyl (C=O) groups is 1. The molecule has 0 aliphatic heterocycles. The molecule has 0 saturated heterocycles. The molecule has 4 heteroatoms. The van der Waals surface area contributed by atoms with E-state index in [0.717, 1.165) is 17.6 Å². The molecule has 1 aromatic rings. The first-order valence-corrected chi connectivity index (χ1v) is 7.59. The largest absolute Gasteiger partial charge is 0.342 e. The van der Waals surface area contributed by atoms with Crippen LogP contribution in [0.3, 0.4) is 0 Å². The number of halogens is 1. The van der Waals surface area contributed by atoms with Gasteiger partial charge < -0.3 is 4.90 Å². The summed E-state index contributed by atoms with van der Waals surface area (Å²) in [7, 11) is 0. The molecule has 0 fully saturated rings. The van der Waals surface area contributed by atoms with Crippen molar-refractivity contribution in [3.63, 3.8) is 0 Å². The van der Waals surface area contributed by atoms with Crippen molar-refractivity contribution in [2.24, 2.45) is 0 Å². The van der Waals surface area contributed by atoms with Crippen LogP contribution in [0.15, 0.2) is 28.7 Å². The third-order valence-electron chi connectivity index (χ3n) is 3.32. The summed E-state index contributed by atoms with van der Waals surface area (Å²) in [6, 6.07) is 8.04. The molecule has 1 N–H and O–H groups in total. The summed E-state index contributed by atoms with van der Waals surface area (Å²) >= 11 is 3.54. The van der Waals surface area contributed by atoms with Gasteiger partial charge in [-0.1, -0.05) is 34.1 Å². The van der Waals surface area contributed by atoms with Gasteiger partial charge in [-0.15, -0.1) is 0 Å². The highest BCUT2D eigenvalue weighted by molar-refractivity contribution is 9.10. The van der Waals surface area contributed by atoms with Crippen LogP contribution < -0.4 is 5.32 Å². The maximum Gasteiger partial charge on any atom is 0.239 e. The number of amides is 1. The van der Waals surface area contributed by atoms with E-state index in [9.17, 15) is 4.79 Å². The highest BCUT2D eigenvalue weighted by Crippen LogP contribution is 2.23. The lowest BCUT2D eigenvalue weighted by molar-refractivity contribution is -0.132. The second kappa shape index (κ2) is 7.65. The number of nitrogens with one attached hydrogen (secondary N) is 1. The number of hydrogen-bond acceptors (Lipinski definition) is 2. The fourth-order valence-electron chi connectivity index (χ4n) is 2.17. The third kappa shape index (κ3) is 4.32. The topological polar surface area (TPSA) is 32.3 Å². The maximum atomic E-state index is 12.2. The van der Waals surface area contributed by atoms with E-state index in [1.165, 1.54) is 5.56 Å². The zero-order valence-corrected chi connectivity index (χ0v) is 13.7. The number of carbonyl (C=O) groups excluding carboxylic acids is 1. The first-order valence-electron chi connectivity index (χ1n) is 6.80. The molecule has 0 aromatic heterocycles. The van der Waals surface area contributed by atoms with Gasteiger partial charge in [0.05, 0.1) is 6.04 Å². The van der Waals surface area contributed by atoms with Crippen molar-refractivity contribution in [2.75, 3.05) is 13.1 Å². The van der Waals surface area contributed by atoms with Crippen molar-refractivity contribution in [1.29, 1.82) is 0 Å². The van der Waals surface area contributed by atoms with E-state index in [1.807, 2.05) is 43.9 Å². The molecule has 0 aliphatic rings. The Bertz CT molecular complexity index is 418. The minimum absolute atomic E-state index is 0.130. The van der Waals surface area contributed by atoms with Gasteiger partial charge in [0, 0.05) is 23.6 Å². The molecule has 1 rings (SSSR count). The van der Waals surface area contributed by atoms with Crippen LogP contribution in [0.1, 0.15) is 39.3 Å². The van der Waals surface area contributed by atoms with E-state index in [4.69, 9.17) is 0 Å². The second-order valence-corrected chi connectivity index (χ2v) is 5.50. The quantitative estimate of drug-likeness (QED) is 0.869. The molecular formula is C15H23BrN2O. The minimum Gasteiger partial charge on any atom is -0.342 e. The SMILES string of the molecule is CCN(CC)C(=O)C(C)N[C@H](C)c1ccccc1Br. The molecule has 0 radical (unpaired) electrons. The Labute approximate surface area is 124 Å². The smallest absolute Gasteiger partial charge is 0.239 e. The maximum absolute atomic E-state index is 12.2. The predicted molar refractivity (Wildman–Crippen MR) is 83.1 cm³/mol. The highest BCUT2D eigenvalue weighted by atomic mass is 79.9. The van der Waals surface area contributed by atoms with Crippen molar-refractivity contribution in [3.05, 3.63) is 34.3 Å². The van der Waals surface area contributed by atoms with Crippen molar-refractivity contribution in [3.8, 4) is 0 Å². The molecule has 0 saturated carbocycles. The Morgan fingerprint density at radius 2 is 1.84 bits per heavy atom. The lowest BCUT2D eigenvalue weighted by Gasteiger charge is -2.26. The molecule has 1 aromatic carbocycles. The van der Waals surface area contributed by atoms with E-state index < -0.39 is 0 Å². The Kier molecular flexibility index (Phi) is 6.52. The fourth-order valence-corrected chi connectivity index (χ4v) is 2.80. The molecule has 19 heavy (non-hydrogen) atoms. The van der Waals surface area contributed by atoms with Crippen molar-refractivity contribution < 1.29 is 4.79 Å². The number of hydrogen-bond donors (Lipinski definition) is 1. The Hall–Kier alpha value is -0.870. The molecule has 2 atom stereocenters. The normalized spacial score (nSPS) is 13.9. The predicted octanol–water partition coefficient (Wildman–Crippen LogP) is 3.36. The lowest BCUT2D eigenvalue weighted by atomic mass is 10.1. The second-order valence-electron chi connectivity index (χ2n) is 4.64. The molecule has 1 amide bonds. The summed E-state index contributed by atoms with van der Waals surface area (Å²) in [6.07, 6.45) is 0. The van der Waals surface area contributed by atoms with E-state index >= 15 is 0 Å². The minimum atomic E-state index is -0.179. The summed E-state index contributed by atoms with van der Waals surface area (Å²) in [6.45, 7) is 9.52. The lowest BCUT2D eigenvalue weighted by Crippen LogP contribution is -2.45. The van der Waals surface area contributed by atoms with Crippen molar-refractivity contribution >= 4 is 21.8 Å². The average molecular weight is 327 g/mol. The van der Waals surface area contributed by atoms with Gasteiger partial charge in [0.2, 0.25) is 5.91 Å². The van der Waals surface area contributed by atoms with Crippen LogP contribution in [0, 0.1) is 0 Å². The first-order chi connectivity index (χ1) is 9.01. The van der Waals surface area contributed by atoms with Gasteiger partial charge in [0.1, 0.15) is 0 Å². The molecule has 1 unspecified atom stereocenters. The van der Waals surface area contributed by atoms with Gasteiger partial charge in [-0.05, 0) is 39.3 Å². The van der Waals surface area contributed by atoms with Crippen LogP contribution in [0.25, 0.3) is 0 Å². The van der Waals surface area contributed by atoms with Crippen LogP contribution in [0.5, 0.6) is 0 Å². The Morgan fingerprint density at radius 1 is 1.26 bits per heavy atom. The van der Waals surface area contributed by atoms with Crippen molar-refractivity contribution in [2.45, 2.75) is 39.8 Å². The summed E-state index contributed by atoms with van der Waals surface area (Å²) in [5, 5.41) is 3.36.